The van der Waals surface area contributed by atoms with E-state index in [2.05, 4.69) is 34.5 Å². The van der Waals surface area contributed by atoms with Crippen LogP contribution in [-0.4, -0.2) is 269 Å². The van der Waals surface area contributed by atoms with Crippen molar-refractivity contribution in [2.75, 3.05) is 151 Å². The number of para-hydroxylation sites is 2. The maximum absolute atomic E-state index is 12.6. The zero-order valence-corrected chi connectivity index (χ0v) is 55.1. The fraction of sp³-hybridized carbons (Fsp3) is 0.409. The van der Waals surface area contributed by atoms with Crippen molar-refractivity contribution in [2.24, 2.45) is 35.2 Å². The summed E-state index contributed by atoms with van der Waals surface area (Å²) in [5.74, 6) is -2.33. The highest BCUT2D eigenvalue weighted by molar-refractivity contribution is 6.00. The van der Waals surface area contributed by atoms with E-state index in [9.17, 15) is 53.9 Å². The number of carboxylic acids is 1. The van der Waals surface area contributed by atoms with Crippen LogP contribution in [0.15, 0.2) is 128 Å². The number of amides is 6. The van der Waals surface area contributed by atoms with Crippen molar-refractivity contribution in [3.8, 4) is 11.5 Å². The number of aromatic carboxylic acids is 1. The first-order chi connectivity index (χ1) is 45.5. The zero-order chi connectivity index (χ0) is 68.9. The number of phenolic OH excluding ortho intramolecular Hbond substituents is 2. The number of benzene rings is 2. The molecule has 0 saturated carbocycles. The molecule has 5 aliphatic heterocycles. The number of nitrogens with one attached hydrogen (secondary N) is 2. The molecule has 0 aliphatic carbocycles. The quantitative estimate of drug-likeness (QED) is 0.0551. The van der Waals surface area contributed by atoms with Gasteiger partial charge in [0, 0.05) is 203 Å². The standard InChI is InChI=1S/C17H18N4O5.C17H20N4O3.C11H17N3O.C10H15N3O.C6H7NO2.C5H12N2/c1-18-7-3-6-14(18)17(24)20-10-8-19(9-11-20)16(23)12-4-2-5-13(15(12)22)21(25)26;1-19-7-3-6-14(19)17(24)21-10-8-20(9-11-21)16(23)12-4-2-5-13(18)15(12)22;1-12-6-8-14(9-7-12)11(15)10-4-3-5-13(10)2;1-12-6-2-3-9(12)10(14)13-7-4-11-5-8-13;1-7-4-2-3-5(7)6(8)9;1-7-4-2-6-3-5-7/h2-7,22H,8-11H2,1H3;2-7,22H,8-11,18H2,1H3;3-5H,6-9H2,1-2H3;2-3,6,11H,4-5,7-8H2,1H3;2-4H,1H3,(H,8,9);6H,2-5H2,1H3. The molecule has 2 aromatic carbocycles. The molecule has 7 N–H and O–H groups in total. The number of aromatic nitrogens is 5. The lowest BCUT2D eigenvalue weighted by Gasteiger charge is -2.35. The number of likely N-dealkylation sites (N-methyl/N-ethyl adjacent to an activating group) is 2. The van der Waals surface area contributed by atoms with Crippen LogP contribution in [0.1, 0.15) is 73.2 Å². The molecule has 95 heavy (non-hydrogen) atoms. The number of aryl methyl sites for hydroxylation is 5. The van der Waals surface area contributed by atoms with E-state index in [1.54, 1.807) is 103 Å². The molecule has 5 fully saturated rings. The molecule has 29 heteroatoms. The molecule has 0 bridgehead atoms. The number of nitrogen functional groups attached to an aromatic ring is 1. The minimum Gasteiger partial charge on any atom is -0.505 e. The lowest BCUT2D eigenvalue weighted by molar-refractivity contribution is -0.385. The number of nitro groups is 1. The van der Waals surface area contributed by atoms with E-state index >= 15 is 0 Å². The number of nitrogens with two attached hydrogens (primary N) is 1. The highest BCUT2D eigenvalue weighted by Gasteiger charge is 2.31. The summed E-state index contributed by atoms with van der Waals surface area (Å²) in [6.07, 6.45) is 9.12. The molecule has 29 nitrogen and oxygen atoms in total. The minimum atomic E-state index is -0.887. The number of carboxylic acid groups (broad SMARTS) is 1. The Kier molecular flexibility index (Phi) is 26.3. The van der Waals surface area contributed by atoms with E-state index in [0.29, 0.717) is 56.4 Å². The Morgan fingerprint density at radius 3 is 0.958 bits per heavy atom. The second-order valence-electron chi connectivity index (χ2n) is 23.4. The van der Waals surface area contributed by atoms with E-state index in [4.69, 9.17) is 10.8 Å². The lowest BCUT2D eigenvalue weighted by atomic mass is 10.1. The molecule has 5 saturated heterocycles. The highest BCUT2D eigenvalue weighted by atomic mass is 16.6. The van der Waals surface area contributed by atoms with E-state index < -0.39 is 28.2 Å². The Balaban J connectivity index is 0.000000169. The number of aromatic hydroxyl groups is 2. The molecule has 12 rings (SSSR count). The third-order valence-electron chi connectivity index (χ3n) is 16.8. The van der Waals surface area contributed by atoms with Crippen LogP contribution < -0.4 is 16.4 Å². The second kappa shape index (κ2) is 34.6. The number of hydrogen-bond acceptors (Lipinski definition) is 16. The molecule has 0 radical (unpaired) electrons. The van der Waals surface area contributed by atoms with Crippen molar-refractivity contribution in [3.63, 3.8) is 0 Å². The van der Waals surface area contributed by atoms with E-state index in [-0.39, 0.29) is 65.2 Å². The van der Waals surface area contributed by atoms with Gasteiger partial charge in [-0.3, -0.25) is 38.9 Å². The largest absolute Gasteiger partial charge is 0.505 e. The molecule has 6 amide bonds. The normalized spacial score (nSPS) is 15.8. The number of piperazine rings is 5. The molecular weight excluding hydrogens is 1220 g/mol. The van der Waals surface area contributed by atoms with Crippen LogP contribution in [0.3, 0.4) is 0 Å². The van der Waals surface area contributed by atoms with Gasteiger partial charge >= 0.3 is 11.7 Å². The fourth-order valence-electron chi connectivity index (χ4n) is 10.9. The van der Waals surface area contributed by atoms with Gasteiger partial charge in [-0.15, -0.1) is 0 Å². The highest BCUT2D eigenvalue weighted by Crippen LogP contribution is 2.31. The number of phenols is 2. The molecule has 7 aromatic rings. The lowest BCUT2D eigenvalue weighted by Crippen LogP contribution is -2.50. The van der Waals surface area contributed by atoms with Gasteiger partial charge in [-0.25, -0.2) is 4.79 Å². The molecule has 10 heterocycles. The number of carbonyl (C=O) groups excluding carboxylic acids is 6. The molecule has 0 unspecified atom stereocenters. The summed E-state index contributed by atoms with van der Waals surface area (Å²) in [6, 6.07) is 26.5. The predicted molar refractivity (Wildman–Crippen MR) is 357 cm³/mol. The number of nitro benzene ring substituents is 1. The third-order valence-corrected chi connectivity index (χ3v) is 16.8. The van der Waals surface area contributed by atoms with Crippen LogP contribution in [0.25, 0.3) is 0 Å². The summed E-state index contributed by atoms with van der Waals surface area (Å²) in [5.41, 5.74) is 8.46. The second-order valence-corrected chi connectivity index (χ2v) is 23.4. The number of hydrogen-bond donors (Lipinski definition) is 6. The topological polar surface area (TPSA) is 324 Å². The summed E-state index contributed by atoms with van der Waals surface area (Å²) in [6.45, 7) is 14.8. The minimum absolute atomic E-state index is 0.0404. The van der Waals surface area contributed by atoms with E-state index in [0.717, 1.165) is 82.9 Å². The van der Waals surface area contributed by atoms with Crippen LogP contribution in [0.5, 0.6) is 11.5 Å². The van der Waals surface area contributed by atoms with Gasteiger partial charge in [0.2, 0.25) is 5.75 Å². The van der Waals surface area contributed by atoms with Crippen molar-refractivity contribution in [1.82, 2.24) is 72.7 Å². The Bertz CT molecular complexity index is 3720. The van der Waals surface area contributed by atoms with Crippen LogP contribution in [0.4, 0.5) is 11.4 Å². The van der Waals surface area contributed by atoms with Crippen molar-refractivity contribution in [2.45, 2.75) is 0 Å². The van der Waals surface area contributed by atoms with E-state index in [1.165, 1.54) is 30.1 Å². The zero-order valence-electron chi connectivity index (χ0n) is 55.1. The average molecular weight is 1310 g/mol. The van der Waals surface area contributed by atoms with Crippen molar-refractivity contribution in [1.29, 1.82) is 0 Å². The number of anilines is 1. The number of nitrogens with zero attached hydrogens (tertiary/aromatic N) is 14. The van der Waals surface area contributed by atoms with E-state index in [1.807, 2.05) is 89.0 Å². The smallest absolute Gasteiger partial charge is 0.352 e. The van der Waals surface area contributed by atoms with Gasteiger partial charge in [0.1, 0.15) is 28.5 Å². The first-order valence-electron chi connectivity index (χ1n) is 31.3. The van der Waals surface area contributed by atoms with Gasteiger partial charge in [0.15, 0.2) is 5.75 Å². The van der Waals surface area contributed by atoms with Gasteiger partial charge < -0.3 is 93.7 Å². The summed E-state index contributed by atoms with van der Waals surface area (Å²) in [5, 5.41) is 45.8. The molecule has 5 aromatic heterocycles. The summed E-state index contributed by atoms with van der Waals surface area (Å²) in [4.78, 5) is 109. The predicted octanol–water partition coefficient (Wildman–Crippen LogP) is 2.88. The average Bonchev–Trinajstić information content (AvgIpc) is 1.47. The van der Waals surface area contributed by atoms with Crippen molar-refractivity contribution in [3.05, 3.63) is 178 Å². The van der Waals surface area contributed by atoms with Gasteiger partial charge in [-0.1, -0.05) is 12.1 Å². The van der Waals surface area contributed by atoms with Crippen LogP contribution in [0.2, 0.25) is 0 Å². The maximum Gasteiger partial charge on any atom is 0.352 e. The SMILES string of the molecule is CN1CCN(C(=O)c2cccn2C)CC1.CN1CCNCC1.Cn1cccc1C(=O)N1CCN(C(=O)c2cccc(N)c2O)CC1.Cn1cccc1C(=O)N1CCN(C(=O)c2cccc([N+](=O)[O-])c2O)CC1.Cn1cccc1C(=O)N1CCNCC1.Cn1cccc1C(=O)O. The summed E-state index contributed by atoms with van der Waals surface area (Å²) < 4.78 is 8.82. The van der Waals surface area contributed by atoms with Crippen LogP contribution in [-0.2, 0) is 35.2 Å². The third kappa shape index (κ3) is 19.4. The van der Waals surface area contributed by atoms with Crippen LogP contribution in [0, 0.1) is 10.1 Å². The Morgan fingerprint density at radius 2 is 0.663 bits per heavy atom. The molecule has 0 spiro atoms. The first-order valence-corrected chi connectivity index (χ1v) is 31.3. The van der Waals surface area contributed by atoms with Crippen LogP contribution >= 0.6 is 0 Å². The molecule has 0 atom stereocenters. The Morgan fingerprint density at radius 1 is 0.379 bits per heavy atom. The Labute approximate surface area is 552 Å². The molecule has 510 valence electrons. The fourth-order valence-corrected chi connectivity index (χ4v) is 10.9. The van der Waals surface area contributed by atoms with Gasteiger partial charge in [-0.2, -0.15) is 0 Å². The van der Waals surface area contributed by atoms with Gasteiger partial charge in [-0.05, 0) is 93.0 Å². The number of carbonyl (C=O) groups is 7. The maximum atomic E-state index is 12.6. The summed E-state index contributed by atoms with van der Waals surface area (Å²) >= 11 is 0. The summed E-state index contributed by atoms with van der Waals surface area (Å²) in [7, 11) is 13.4. The molecular formula is C66H89N17O12. The van der Waals surface area contributed by atoms with Crippen molar-refractivity contribution < 1.29 is 53.8 Å². The van der Waals surface area contributed by atoms with Crippen molar-refractivity contribution >= 4 is 52.8 Å². The monoisotopic (exact) mass is 1310 g/mol. The number of rotatable bonds is 8. The molecule has 5 aliphatic rings. The van der Waals surface area contributed by atoms with Gasteiger partial charge in [0.25, 0.3) is 35.4 Å². The first kappa shape index (κ1) is 72.2. The van der Waals surface area contributed by atoms with Gasteiger partial charge in [0.05, 0.1) is 21.7 Å². The Hall–Kier alpha value is -10.2.